The van der Waals surface area contributed by atoms with Crippen LogP contribution in [-0.4, -0.2) is 56.4 Å². The van der Waals surface area contributed by atoms with Crippen molar-refractivity contribution in [2.45, 2.75) is 39.2 Å². The molecule has 20 heavy (non-hydrogen) atoms. The molecule has 0 aromatic heterocycles. The molecule has 0 aliphatic carbocycles. The first-order valence-electron chi connectivity index (χ1n) is 7.59. The number of piperidine rings is 1. The molecule has 2 aliphatic heterocycles. The van der Waals surface area contributed by atoms with Gasteiger partial charge >= 0.3 is 0 Å². The van der Waals surface area contributed by atoms with E-state index >= 15 is 0 Å². The summed E-state index contributed by atoms with van der Waals surface area (Å²) in [5, 5.41) is 2.93. The summed E-state index contributed by atoms with van der Waals surface area (Å²) >= 11 is 0. The molecule has 0 aromatic rings. The van der Waals surface area contributed by atoms with Crippen LogP contribution in [-0.2, 0) is 14.6 Å². The van der Waals surface area contributed by atoms with Crippen molar-refractivity contribution in [3.63, 3.8) is 0 Å². The average Bonchev–Trinajstić information content (AvgIpc) is 2.77. The third-order valence-electron chi connectivity index (χ3n) is 4.62. The summed E-state index contributed by atoms with van der Waals surface area (Å²) in [5.41, 5.74) is 0. The summed E-state index contributed by atoms with van der Waals surface area (Å²) in [6.07, 6.45) is 2.92. The Labute approximate surface area is 122 Å². The van der Waals surface area contributed by atoms with Gasteiger partial charge in [-0.05, 0) is 45.2 Å². The number of nitrogens with zero attached hydrogens (tertiary/aromatic N) is 1. The zero-order valence-electron chi connectivity index (χ0n) is 12.5. The van der Waals surface area contributed by atoms with Gasteiger partial charge in [0.05, 0.1) is 17.4 Å². The van der Waals surface area contributed by atoms with Gasteiger partial charge in [0.1, 0.15) is 0 Å². The number of sulfone groups is 1. The zero-order chi connectivity index (χ0) is 14.8. The quantitative estimate of drug-likeness (QED) is 0.828. The SMILES string of the molecule is CC1CCN(C(C)CNC(=O)C2CCS(=O)(=O)C2)CC1. The van der Waals surface area contributed by atoms with Crippen LogP contribution in [0.5, 0.6) is 0 Å². The van der Waals surface area contributed by atoms with Gasteiger partial charge in [-0.15, -0.1) is 0 Å². The van der Waals surface area contributed by atoms with Crippen LogP contribution in [0.25, 0.3) is 0 Å². The Morgan fingerprint density at radius 3 is 2.50 bits per heavy atom. The number of hydrogen-bond acceptors (Lipinski definition) is 4. The van der Waals surface area contributed by atoms with Crippen molar-refractivity contribution < 1.29 is 13.2 Å². The van der Waals surface area contributed by atoms with Crippen LogP contribution in [0.15, 0.2) is 0 Å². The van der Waals surface area contributed by atoms with Gasteiger partial charge in [0, 0.05) is 12.6 Å². The number of hydrogen-bond donors (Lipinski definition) is 1. The van der Waals surface area contributed by atoms with E-state index in [9.17, 15) is 13.2 Å². The first-order valence-corrected chi connectivity index (χ1v) is 9.41. The number of amides is 1. The van der Waals surface area contributed by atoms with Gasteiger partial charge in [0.15, 0.2) is 9.84 Å². The van der Waals surface area contributed by atoms with Gasteiger partial charge in [0.25, 0.3) is 0 Å². The molecule has 2 saturated heterocycles. The van der Waals surface area contributed by atoms with Crippen molar-refractivity contribution >= 4 is 15.7 Å². The smallest absolute Gasteiger partial charge is 0.224 e. The summed E-state index contributed by atoms with van der Waals surface area (Å²) in [7, 11) is -2.98. The topological polar surface area (TPSA) is 66.5 Å². The highest BCUT2D eigenvalue weighted by molar-refractivity contribution is 7.91. The predicted octanol–water partition coefficient (Wildman–Crippen LogP) is 0.658. The summed E-state index contributed by atoms with van der Waals surface area (Å²) in [6, 6.07) is 0.324. The van der Waals surface area contributed by atoms with E-state index < -0.39 is 9.84 Å². The van der Waals surface area contributed by atoms with E-state index in [0.29, 0.717) is 19.0 Å². The summed E-state index contributed by atoms with van der Waals surface area (Å²) in [5.74, 6) is 0.549. The van der Waals surface area contributed by atoms with Crippen LogP contribution in [0.4, 0.5) is 0 Å². The molecule has 2 rings (SSSR count). The molecule has 2 fully saturated rings. The van der Waals surface area contributed by atoms with Gasteiger partial charge in [-0.1, -0.05) is 6.92 Å². The molecular weight excluding hydrogens is 276 g/mol. The van der Waals surface area contributed by atoms with Gasteiger partial charge in [-0.3, -0.25) is 9.69 Å². The molecule has 1 amide bonds. The Morgan fingerprint density at radius 1 is 1.30 bits per heavy atom. The maximum absolute atomic E-state index is 12.0. The van der Waals surface area contributed by atoms with E-state index in [0.717, 1.165) is 19.0 Å². The molecular formula is C14H26N2O3S. The Balaban J connectivity index is 1.73. The number of likely N-dealkylation sites (tertiary alicyclic amines) is 1. The third kappa shape index (κ3) is 4.19. The predicted molar refractivity (Wildman–Crippen MR) is 79.2 cm³/mol. The van der Waals surface area contributed by atoms with Crippen LogP contribution in [0.3, 0.4) is 0 Å². The second-order valence-corrected chi connectivity index (χ2v) is 8.64. The minimum Gasteiger partial charge on any atom is -0.354 e. The molecule has 116 valence electrons. The first kappa shape index (κ1) is 15.8. The lowest BCUT2D eigenvalue weighted by atomic mass is 9.98. The van der Waals surface area contributed by atoms with Crippen LogP contribution in [0.2, 0.25) is 0 Å². The number of carbonyl (C=O) groups excluding carboxylic acids is 1. The number of nitrogens with one attached hydrogen (secondary N) is 1. The lowest BCUT2D eigenvalue weighted by Crippen LogP contribution is -2.46. The maximum atomic E-state index is 12.0. The first-order chi connectivity index (χ1) is 9.37. The monoisotopic (exact) mass is 302 g/mol. The van der Waals surface area contributed by atoms with Crippen LogP contribution in [0.1, 0.15) is 33.1 Å². The molecule has 6 heteroatoms. The molecule has 2 unspecified atom stereocenters. The summed E-state index contributed by atoms with van der Waals surface area (Å²) < 4.78 is 22.7. The van der Waals surface area contributed by atoms with E-state index in [1.165, 1.54) is 12.8 Å². The van der Waals surface area contributed by atoms with Crippen molar-refractivity contribution in [2.24, 2.45) is 11.8 Å². The Bertz CT molecular complexity index is 441. The van der Waals surface area contributed by atoms with Crippen molar-refractivity contribution in [1.29, 1.82) is 0 Å². The molecule has 2 aliphatic rings. The fourth-order valence-corrected chi connectivity index (χ4v) is 4.73. The summed E-state index contributed by atoms with van der Waals surface area (Å²) in [6.45, 7) is 7.21. The van der Waals surface area contributed by atoms with E-state index in [-0.39, 0.29) is 23.3 Å². The Morgan fingerprint density at radius 2 is 1.95 bits per heavy atom. The third-order valence-corrected chi connectivity index (χ3v) is 6.38. The fourth-order valence-electron chi connectivity index (χ4n) is 2.99. The van der Waals surface area contributed by atoms with E-state index in [4.69, 9.17) is 0 Å². The Kier molecular flexibility index (Phi) is 5.07. The van der Waals surface area contributed by atoms with Crippen LogP contribution >= 0.6 is 0 Å². The molecule has 0 saturated carbocycles. The van der Waals surface area contributed by atoms with E-state index in [2.05, 4.69) is 24.1 Å². The lowest BCUT2D eigenvalue weighted by Gasteiger charge is -2.35. The average molecular weight is 302 g/mol. The largest absolute Gasteiger partial charge is 0.354 e. The molecule has 0 radical (unpaired) electrons. The van der Waals surface area contributed by atoms with E-state index in [1.807, 2.05) is 0 Å². The minimum absolute atomic E-state index is 0.0223. The maximum Gasteiger partial charge on any atom is 0.224 e. The summed E-state index contributed by atoms with van der Waals surface area (Å²) in [4.78, 5) is 14.4. The molecule has 0 aromatic carbocycles. The highest BCUT2D eigenvalue weighted by Gasteiger charge is 2.33. The van der Waals surface area contributed by atoms with Crippen LogP contribution in [0, 0.1) is 11.8 Å². The van der Waals surface area contributed by atoms with Crippen molar-refractivity contribution in [1.82, 2.24) is 10.2 Å². The second kappa shape index (κ2) is 6.43. The lowest BCUT2D eigenvalue weighted by molar-refractivity contribution is -0.124. The molecule has 0 bridgehead atoms. The fraction of sp³-hybridized carbons (Fsp3) is 0.929. The van der Waals surface area contributed by atoms with Crippen molar-refractivity contribution in [2.75, 3.05) is 31.1 Å². The van der Waals surface area contributed by atoms with Gasteiger partial charge in [0.2, 0.25) is 5.91 Å². The highest BCUT2D eigenvalue weighted by atomic mass is 32.2. The zero-order valence-corrected chi connectivity index (χ0v) is 13.3. The van der Waals surface area contributed by atoms with Crippen LogP contribution < -0.4 is 5.32 Å². The molecule has 0 spiro atoms. The van der Waals surface area contributed by atoms with Gasteiger partial charge < -0.3 is 5.32 Å². The van der Waals surface area contributed by atoms with Crippen molar-refractivity contribution in [3.05, 3.63) is 0 Å². The molecule has 2 atom stereocenters. The molecule has 1 N–H and O–H groups in total. The van der Waals surface area contributed by atoms with Gasteiger partial charge in [-0.25, -0.2) is 8.42 Å². The minimum atomic E-state index is -2.98. The number of rotatable bonds is 4. The standard InChI is InChI=1S/C14H26N2O3S/c1-11-3-6-16(7-4-11)12(2)9-15-14(17)13-5-8-20(18,19)10-13/h11-13H,3-10H2,1-2H3,(H,15,17). The second-order valence-electron chi connectivity index (χ2n) is 6.41. The highest BCUT2D eigenvalue weighted by Crippen LogP contribution is 2.19. The number of carbonyl (C=O) groups is 1. The Hall–Kier alpha value is -0.620. The normalized spacial score (nSPS) is 29.2. The molecule has 2 heterocycles. The van der Waals surface area contributed by atoms with Crippen molar-refractivity contribution in [3.8, 4) is 0 Å². The van der Waals surface area contributed by atoms with E-state index in [1.54, 1.807) is 0 Å². The molecule has 5 nitrogen and oxygen atoms in total. The van der Waals surface area contributed by atoms with Gasteiger partial charge in [-0.2, -0.15) is 0 Å².